The molecule has 0 aliphatic rings. The molecular weight excluding hydrogens is 298 g/mol. The Labute approximate surface area is 144 Å². The van der Waals surface area contributed by atoms with E-state index in [0.717, 1.165) is 16.9 Å². The second kappa shape index (κ2) is 7.82. The average molecular weight is 323 g/mol. The molecule has 0 atom stereocenters. The Kier molecular flexibility index (Phi) is 5.80. The highest BCUT2D eigenvalue weighted by molar-refractivity contribution is 5.91. The Bertz CT molecular complexity index is 709. The molecule has 3 nitrogen and oxygen atoms in total. The normalized spacial score (nSPS) is 11.5. The van der Waals surface area contributed by atoms with Crippen molar-refractivity contribution in [2.75, 3.05) is 7.11 Å². The second-order valence-electron chi connectivity index (χ2n) is 6.73. The summed E-state index contributed by atoms with van der Waals surface area (Å²) >= 11 is 0. The molecule has 0 saturated heterocycles. The van der Waals surface area contributed by atoms with E-state index in [4.69, 9.17) is 4.74 Å². The predicted molar refractivity (Wildman–Crippen MR) is 99.0 cm³/mol. The van der Waals surface area contributed by atoms with Crippen molar-refractivity contribution in [1.82, 2.24) is 5.32 Å². The number of rotatable bonds is 5. The Hall–Kier alpha value is -2.55. The molecule has 1 N–H and O–H groups in total. The summed E-state index contributed by atoms with van der Waals surface area (Å²) in [5, 5.41) is 2.87. The van der Waals surface area contributed by atoms with Crippen LogP contribution in [0.5, 0.6) is 5.75 Å². The van der Waals surface area contributed by atoms with E-state index in [1.54, 1.807) is 13.2 Å². The number of amides is 1. The van der Waals surface area contributed by atoms with Crippen molar-refractivity contribution in [3.63, 3.8) is 0 Å². The summed E-state index contributed by atoms with van der Waals surface area (Å²) in [5.74, 6) is 0.653. The van der Waals surface area contributed by atoms with Gasteiger partial charge >= 0.3 is 0 Å². The molecule has 3 heteroatoms. The molecule has 0 aliphatic heterocycles. The molecule has 0 radical (unpaired) electrons. The zero-order valence-corrected chi connectivity index (χ0v) is 14.8. The van der Waals surface area contributed by atoms with E-state index >= 15 is 0 Å². The minimum atomic E-state index is -0.124. The molecule has 24 heavy (non-hydrogen) atoms. The van der Waals surface area contributed by atoms with Crippen molar-refractivity contribution in [2.45, 2.75) is 32.7 Å². The first-order chi connectivity index (χ1) is 11.4. The lowest BCUT2D eigenvalue weighted by Crippen LogP contribution is -2.20. The van der Waals surface area contributed by atoms with Crippen molar-refractivity contribution in [2.24, 2.45) is 0 Å². The number of benzene rings is 2. The third kappa shape index (κ3) is 4.98. The van der Waals surface area contributed by atoms with E-state index in [1.165, 1.54) is 5.56 Å². The smallest absolute Gasteiger partial charge is 0.244 e. The maximum absolute atomic E-state index is 12.0. The molecule has 126 valence electrons. The fourth-order valence-corrected chi connectivity index (χ4v) is 2.36. The van der Waals surface area contributed by atoms with Crippen LogP contribution < -0.4 is 10.1 Å². The fraction of sp³-hybridized carbons (Fsp3) is 0.286. The third-order valence-corrected chi connectivity index (χ3v) is 3.85. The van der Waals surface area contributed by atoms with Gasteiger partial charge < -0.3 is 10.1 Å². The van der Waals surface area contributed by atoms with Crippen LogP contribution in [0.25, 0.3) is 6.08 Å². The Morgan fingerprint density at radius 2 is 1.75 bits per heavy atom. The maximum Gasteiger partial charge on any atom is 0.244 e. The van der Waals surface area contributed by atoms with E-state index < -0.39 is 0 Å². The number of hydrogen-bond donors (Lipinski definition) is 1. The SMILES string of the molecule is COc1ccccc1CNC(=O)/C=C/c1ccc(C(C)(C)C)cc1. The van der Waals surface area contributed by atoms with Crippen LogP contribution in [0.3, 0.4) is 0 Å². The van der Waals surface area contributed by atoms with Gasteiger partial charge in [-0.05, 0) is 28.7 Å². The molecule has 0 unspecified atom stereocenters. The van der Waals surface area contributed by atoms with Crippen LogP contribution in [0.2, 0.25) is 0 Å². The van der Waals surface area contributed by atoms with Crippen LogP contribution in [-0.4, -0.2) is 13.0 Å². The van der Waals surface area contributed by atoms with Gasteiger partial charge in [0, 0.05) is 18.2 Å². The van der Waals surface area contributed by atoms with Crippen LogP contribution in [0.15, 0.2) is 54.6 Å². The van der Waals surface area contributed by atoms with E-state index in [2.05, 4.69) is 38.2 Å². The molecule has 0 fully saturated rings. The number of ether oxygens (including phenoxy) is 1. The summed E-state index contributed by atoms with van der Waals surface area (Å²) in [7, 11) is 1.63. The lowest BCUT2D eigenvalue weighted by Gasteiger charge is -2.18. The van der Waals surface area contributed by atoms with E-state index in [0.29, 0.717) is 6.54 Å². The molecule has 0 aliphatic carbocycles. The fourth-order valence-electron chi connectivity index (χ4n) is 2.36. The molecule has 2 rings (SSSR count). The zero-order chi connectivity index (χ0) is 17.6. The molecule has 0 heterocycles. The summed E-state index contributed by atoms with van der Waals surface area (Å²) in [5.41, 5.74) is 3.38. The minimum absolute atomic E-state index is 0.124. The van der Waals surface area contributed by atoms with Crippen molar-refractivity contribution in [1.29, 1.82) is 0 Å². The Balaban J connectivity index is 1.93. The summed E-state index contributed by atoms with van der Waals surface area (Å²) in [6.45, 7) is 6.99. The first kappa shape index (κ1) is 17.8. The number of carbonyl (C=O) groups excluding carboxylic acids is 1. The molecule has 0 spiro atoms. The van der Waals surface area contributed by atoms with Crippen LogP contribution in [0.4, 0.5) is 0 Å². The Morgan fingerprint density at radius 1 is 1.08 bits per heavy atom. The second-order valence-corrected chi connectivity index (χ2v) is 6.73. The van der Waals surface area contributed by atoms with E-state index in [9.17, 15) is 4.79 Å². The summed E-state index contributed by atoms with van der Waals surface area (Å²) in [6, 6.07) is 15.9. The topological polar surface area (TPSA) is 38.3 Å². The first-order valence-electron chi connectivity index (χ1n) is 8.08. The third-order valence-electron chi connectivity index (χ3n) is 3.85. The molecule has 0 aromatic heterocycles. The highest BCUT2D eigenvalue weighted by Gasteiger charge is 2.12. The van der Waals surface area contributed by atoms with Crippen LogP contribution in [-0.2, 0) is 16.8 Å². The van der Waals surface area contributed by atoms with Gasteiger partial charge in [-0.25, -0.2) is 0 Å². The number of methoxy groups -OCH3 is 1. The van der Waals surface area contributed by atoms with Gasteiger partial charge in [-0.15, -0.1) is 0 Å². The van der Waals surface area contributed by atoms with Gasteiger partial charge in [-0.1, -0.05) is 63.2 Å². The largest absolute Gasteiger partial charge is 0.496 e. The van der Waals surface area contributed by atoms with Crippen molar-refractivity contribution in [3.8, 4) is 5.75 Å². The zero-order valence-electron chi connectivity index (χ0n) is 14.8. The number of carbonyl (C=O) groups is 1. The monoisotopic (exact) mass is 323 g/mol. The quantitative estimate of drug-likeness (QED) is 0.832. The highest BCUT2D eigenvalue weighted by Crippen LogP contribution is 2.22. The van der Waals surface area contributed by atoms with E-state index in [1.807, 2.05) is 42.5 Å². The molecule has 0 saturated carbocycles. The molecule has 0 bridgehead atoms. The van der Waals surface area contributed by atoms with Gasteiger partial charge in [-0.2, -0.15) is 0 Å². The van der Waals surface area contributed by atoms with Gasteiger partial charge in [-0.3, -0.25) is 4.79 Å². The predicted octanol–water partition coefficient (Wildman–Crippen LogP) is 4.32. The van der Waals surface area contributed by atoms with Crippen molar-refractivity contribution in [3.05, 3.63) is 71.3 Å². The van der Waals surface area contributed by atoms with Gasteiger partial charge in [0.25, 0.3) is 0 Å². The van der Waals surface area contributed by atoms with Gasteiger partial charge in [0.15, 0.2) is 0 Å². The Morgan fingerprint density at radius 3 is 2.38 bits per heavy atom. The maximum atomic E-state index is 12.0. The molecule has 1 amide bonds. The van der Waals surface area contributed by atoms with Crippen LogP contribution in [0, 0.1) is 0 Å². The number of para-hydroxylation sites is 1. The standard InChI is InChI=1S/C21H25NO2/c1-21(2,3)18-12-9-16(10-13-18)11-14-20(23)22-15-17-7-5-6-8-19(17)24-4/h5-14H,15H2,1-4H3,(H,22,23)/b14-11+. The van der Waals surface area contributed by atoms with Crippen LogP contribution >= 0.6 is 0 Å². The molecule has 2 aromatic carbocycles. The molecular formula is C21H25NO2. The summed E-state index contributed by atoms with van der Waals surface area (Å²) in [6.07, 6.45) is 3.38. The first-order valence-corrected chi connectivity index (χ1v) is 8.08. The lowest BCUT2D eigenvalue weighted by atomic mass is 9.87. The van der Waals surface area contributed by atoms with Gasteiger partial charge in [0.05, 0.1) is 7.11 Å². The molecule has 2 aromatic rings. The van der Waals surface area contributed by atoms with E-state index in [-0.39, 0.29) is 11.3 Å². The van der Waals surface area contributed by atoms with Crippen molar-refractivity contribution >= 4 is 12.0 Å². The van der Waals surface area contributed by atoms with Crippen LogP contribution in [0.1, 0.15) is 37.5 Å². The lowest BCUT2D eigenvalue weighted by molar-refractivity contribution is -0.116. The van der Waals surface area contributed by atoms with Gasteiger partial charge in [0.1, 0.15) is 5.75 Å². The van der Waals surface area contributed by atoms with Crippen molar-refractivity contribution < 1.29 is 9.53 Å². The number of nitrogens with one attached hydrogen (secondary N) is 1. The average Bonchev–Trinajstić information content (AvgIpc) is 2.58. The highest BCUT2D eigenvalue weighted by atomic mass is 16.5. The minimum Gasteiger partial charge on any atom is -0.496 e. The summed E-state index contributed by atoms with van der Waals surface area (Å²) in [4.78, 5) is 12.0. The van der Waals surface area contributed by atoms with Gasteiger partial charge in [0.2, 0.25) is 5.91 Å². The number of hydrogen-bond acceptors (Lipinski definition) is 2. The summed E-state index contributed by atoms with van der Waals surface area (Å²) < 4.78 is 5.28.